The third-order valence-corrected chi connectivity index (χ3v) is 3.53. The molecule has 0 aliphatic carbocycles. The lowest BCUT2D eigenvalue weighted by molar-refractivity contribution is 0.0655. The van der Waals surface area contributed by atoms with Gasteiger partial charge >= 0.3 is 0 Å². The van der Waals surface area contributed by atoms with Gasteiger partial charge in [0.15, 0.2) is 0 Å². The lowest BCUT2D eigenvalue weighted by Gasteiger charge is -2.37. The predicted octanol–water partition coefficient (Wildman–Crippen LogP) is 2.92. The van der Waals surface area contributed by atoms with Crippen LogP contribution in [-0.2, 0) is 4.74 Å². The molecule has 1 aliphatic heterocycles. The normalized spacial score (nSPS) is 21.8. The van der Waals surface area contributed by atoms with Crippen LogP contribution in [0.5, 0.6) is 11.5 Å². The van der Waals surface area contributed by atoms with E-state index in [1.165, 1.54) is 5.56 Å². The standard InChI is InChI=1S/C16H25NO3/c1-11(10-18-5)19-12-6-7-13-14(17-4)9-16(2,3)20-15(13)8-12/h6-8,11,14,17H,9-10H2,1-5H3. The number of fused-ring (bicyclic) bond motifs is 1. The average Bonchev–Trinajstić information content (AvgIpc) is 2.36. The van der Waals surface area contributed by atoms with Gasteiger partial charge in [0.25, 0.3) is 0 Å². The first-order valence-corrected chi connectivity index (χ1v) is 7.11. The van der Waals surface area contributed by atoms with Crippen LogP contribution in [0.15, 0.2) is 18.2 Å². The summed E-state index contributed by atoms with van der Waals surface area (Å²) in [5, 5.41) is 3.36. The van der Waals surface area contributed by atoms with Gasteiger partial charge in [-0.15, -0.1) is 0 Å². The fourth-order valence-corrected chi connectivity index (χ4v) is 2.66. The van der Waals surface area contributed by atoms with Crippen LogP contribution in [0.1, 0.15) is 38.8 Å². The zero-order valence-corrected chi connectivity index (χ0v) is 13.0. The first-order chi connectivity index (χ1) is 9.45. The van der Waals surface area contributed by atoms with Crippen LogP contribution in [0, 0.1) is 0 Å². The molecule has 0 saturated carbocycles. The van der Waals surface area contributed by atoms with E-state index < -0.39 is 0 Å². The van der Waals surface area contributed by atoms with Gasteiger partial charge in [-0.05, 0) is 33.9 Å². The summed E-state index contributed by atoms with van der Waals surface area (Å²) in [5.41, 5.74) is 1.02. The van der Waals surface area contributed by atoms with Crippen LogP contribution in [0.25, 0.3) is 0 Å². The summed E-state index contributed by atoms with van der Waals surface area (Å²) >= 11 is 0. The molecule has 0 aromatic heterocycles. The van der Waals surface area contributed by atoms with E-state index in [9.17, 15) is 0 Å². The fraction of sp³-hybridized carbons (Fsp3) is 0.625. The summed E-state index contributed by atoms with van der Waals surface area (Å²) in [6, 6.07) is 6.38. The molecule has 1 aliphatic rings. The Morgan fingerprint density at radius 1 is 1.45 bits per heavy atom. The first-order valence-electron chi connectivity index (χ1n) is 7.11. The highest BCUT2D eigenvalue weighted by molar-refractivity contribution is 5.44. The molecule has 20 heavy (non-hydrogen) atoms. The Morgan fingerprint density at radius 2 is 2.20 bits per heavy atom. The SMILES string of the molecule is CNC1CC(C)(C)Oc2cc(OC(C)COC)ccc21. The Bertz CT molecular complexity index is 459. The number of ether oxygens (including phenoxy) is 3. The van der Waals surface area contributed by atoms with Gasteiger partial charge < -0.3 is 19.5 Å². The Kier molecular flexibility index (Phi) is 4.55. The quantitative estimate of drug-likeness (QED) is 0.899. The molecule has 0 bridgehead atoms. The van der Waals surface area contributed by atoms with E-state index in [1.807, 2.05) is 26.1 Å². The van der Waals surface area contributed by atoms with E-state index in [2.05, 4.69) is 25.2 Å². The van der Waals surface area contributed by atoms with Crippen LogP contribution in [0.4, 0.5) is 0 Å². The average molecular weight is 279 g/mol. The molecule has 0 spiro atoms. The van der Waals surface area contributed by atoms with E-state index in [1.54, 1.807) is 7.11 Å². The van der Waals surface area contributed by atoms with E-state index in [-0.39, 0.29) is 11.7 Å². The van der Waals surface area contributed by atoms with Crippen molar-refractivity contribution in [2.75, 3.05) is 20.8 Å². The maximum absolute atomic E-state index is 6.08. The van der Waals surface area contributed by atoms with Gasteiger partial charge in [-0.25, -0.2) is 0 Å². The van der Waals surface area contributed by atoms with Crippen LogP contribution < -0.4 is 14.8 Å². The van der Waals surface area contributed by atoms with Crippen molar-refractivity contribution in [1.29, 1.82) is 0 Å². The number of nitrogens with one attached hydrogen (secondary N) is 1. The van der Waals surface area contributed by atoms with E-state index in [0.717, 1.165) is 17.9 Å². The third kappa shape index (κ3) is 3.44. The van der Waals surface area contributed by atoms with E-state index >= 15 is 0 Å². The van der Waals surface area contributed by atoms with Crippen molar-refractivity contribution in [3.8, 4) is 11.5 Å². The van der Waals surface area contributed by atoms with Gasteiger partial charge in [-0.1, -0.05) is 6.07 Å². The first kappa shape index (κ1) is 15.1. The van der Waals surface area contributed by atoms with Crippen molar-refractivity contribution in [1.82, 2.24) is 5.32 Å². The molecule has 0 saturated heterocycles. The third-order valence-electron chi connectivity index (χ3n) is 3.53. The molecule has 1 N–H and O–H groups in total. The lowest BCUT2D eigenvalue weighted by atomic mass is 9.90. The van der Waals surface area contributed by atoms with Crippen molar-refractivity contribution in [2.24, 2.45) is 0 Å². The van der Waals surface area contributed by atoms with Crippen LogP contribution in [0.2, 0.25) is 0 Å². The highest BCUT2D eigenvalue weighted by atomic mass is 16.5. The molecule has 112 valence electrons. The number of methoxy groups -OCH3 is 1. The topological polar surface area (TPSA) is 39.7 Å². The summed E-state index contributed by atoms with van der Waals surface area (Å²) in [7, 11) is 3.66. The van der Waals surface area contributed by atoms with E-state index in [0.29, 0.717) is 12.6 Å². The molecule has 1 heterocycles. The maximum atomic E-state index is 6.08. The second-order valence-corrected chi connectivity index (χ2v) is 5.99. The second-order valence-electron chi connectivity index (χ2n) is 5.99. The Labute approximate surface area is 121 Å². The number of benzene rings is 1. The Balaban J connectivity index is 2.21. The van der Waals surface area contributed by atoms with Gasteiger partial charge in [-0.2, -0.15) is 0 Å². The fourth-order valence-electron chi connectivity index (χ4n) is 2.66. The number of hydrogen-bond acceptors (Lipinski definition) is 4. The summed E-state index contributed by atoms with van der Waals surface area (Å²) in [6.07, 6.45) is 0.978. The molecule has 1 aromatic carbocycles. The molecule has 2 rings (SSSR count). The maximum Gasteiger partial charge on any atom is 0.128 e. The largest absolute Gasteiger partial charge is 0.488 e. The number of rotatable bonds is 5. The molecule has 4 heteroatoms. The summed E-state index contributed by atoms with van der Waals surface area (Å²) in [6.45, 7) is 6.79. The van der Waals surface area contributed by atoms with Gasteiger partial charge in [-0.3, -0.25) is 0 Å². The Hall–Kier alpha value is -1.26. The Morgan fingerprint density at radius 3 is 2.85 bits per heavy atom. The molecule has 0 fully saturated rings. The minimum atomic E-state index is -0.169. The highest BCUT2D eigenvalue weighted by Crippen LogP contribution is 2.41. The summed E-state index contributed by atoms with van der Waals surface area (Å²) < 4.78 is 17.0. The van der Waals surface area contributed by atoms with Crippen LogP contribution in [0.3, 0.4) is 0 Å². The van der Waals surface area contributed by atoms with Crippen molar-refractivity contribution < 1.29 is 14.2 Å². The van der Waals surface area contributed by atoms with Crippen molar-refractivity contribution >= 4 is 0 Å². The van der Waals surface area contributed by atoms with Gasteiger partial charge in [0, 0.05) is 31.2 Å². The van der Waals surface area contributed by atoms with Gasteiger partial charge in [0.05, 0.1) is 6.61 Å². The lowest BCUT2D eigenvalue weighted by Crippen LogP contribution is -2.38. The second kappa shape index (κ2) is 6.02. The monoisotopic (exact) mass is 279 g/mol. The van der Waals surface area contributed by atoms with Crippen molar-refractivity contribution in [3.05, 3.63) is 23.8 Å². The summed E-state index contributed by atoms with van der Waals surface area (Å²) in [4.78, 5) is 0. The smallest absolute Gasteiger partial charge is 0.128 e. The highest BCUT2D eigenvalue weighted by Gasteiger charge is 2.33. The zero-order valence-electron chi connectivity index (χ0n) is 13.0. The molecular weight excluding hydrogens is 254 g/mol. The molecule has 2 atom stereocenters. The van der Waals surface area contributed by atoms with Crippen molar-refractivity contribution in [2.45, 2.75) is 44.9 Å². The molecule has 4 nitrogen and oxygen atoms in total. The van der Waals surface area contributed by atoms with Crippen LogP contribution >= 0.6 is 0 Å². The molecule has 2 unspecified atom stereocenters. The van der Waals surface area contributed by atoms with Crippen molar-refractivity contribution in [3.63, 3.8) is 0 Å². The van der Waals surface area contributed by atoms with Crippen LogP contribution in [-0.4, -0.2) is 32.5 Å². The number of hydrogen-bond donors (Lipinski definition) is 1. The molecule has 0 amide bonds. The summed E-state index contributed by atoms with van der Waals surface area (Å²) in [5.74, 6) is 1.73. The van der Waals surface area contributed by atoms with Gasteiger partial charge in [0.1, 0.15) is 23.2 Å². The zero-order chi connectivity index (χ0) is 14.8. The predicted molar refractivity (Wildman–Crippen MR) is 79.5 cm³/mol. The molecule has 0 radical (unpaired) electrons. The minimum absolute atomic E-state index is 0.0229. The minimum Gasteiger partial charge on any atom is -0.488 e. The van der Waals surface area contributed by atoms with E-state index in [4.69, 9.17) is 14.2 Å². The molecular formula is C16H25NO3. The van der Waals surface area contributed by atoms with Gasteiger partial charge in [0.2, 0.25) is 0 Å². The molecule has 1 aromatic rings.